The minimum atomic E-state index is 0.143. The van der Waals surface area contributed by atoms with Crippen molar-refractivity contribution in [1.82, 2.24) is 4.90 Å². The summed E-state index contributed by atoms with van der Waals surface area (Å²) in [6.07, 6.45) is 4.01. The minimum absolute atomic E-state index is 0.143. The first-order valence-electron chi connectivity index (χ1n) is 7.14. The van der Waals surface area contributed by atoms with Gasteiger partial charge in [0.2, 0.25) is 0 Å². The molecule has 1 saturated heterocycles. The van der Waals surface area contributed by atoms with Gasteiger partial charge in [0.25, 0.3) is 0 Å². The molecule has 1 aromatic carbocycles. The van der Waals surface area contributed by atoms with Crippen LogP contribution in [0.25, 0.3) is 0 Å². The molecule has 0 aliphatic carbocycles. The Morgan fingerprint density at radius 3 is 2.72 bits per heavy atom. The number of hydrogen-bond donors (Lipinski definition) is 1. The topological polar surface area (TPSA) is 29.3 Å². The van der Waals surface area contributed by atoms with Gasteiger partial charge in [0.05, 0.1) is 0 Å². The van der Waals surface area contributed by atoms with Crippen LogP contribution in [0.2, 0.25) is 0 Å². The van der Waals surface area contributed by atoms with Gasteiger partial charge in [-0.1, -0.05) is 24.6 Å². The molecule has 18 heavy (non-hydrogen) atoms. The molecule has 0 bridgehead atoms. The van der Waals surface area contributed by atoms with Crippen molar-refractivity contribution in [1.29, 1.82) is 0 Å². The van der Waals surface area contributed by atoms with E-state index in [2.05, 4.69) is 43.9 Å². The molecule has 0 spiro atoms. The largest absolute Gasteiger partial charge is 0.323 e. The monoisotopic (exact) mass is 246 g/mol. The second-order valence-corrected chi connectivity index (χ2v) is 5.79. The first-order chi connectivity index (χ1) is 8.58. The lowest BCUT2D eigenvalue weighted by atomic mass is 9.98. The fourth-order valence-electron chi connectivity index (χ4n) is 2.78. The van der Waals surface area contributed by atoms with Crippen molar-refractivity contribution in [3.8, 4) is 0 Å². The molecular weight excluding hydrogens is 220 g/mol. The number of nitrogens with two attached hydrogens (primary N) is 1. The van der Waals surface area contributed by atoms with Crippen LogP contribution in [-0.2, 0) is 0 Å². The summed E-state index contributed by atoms with van der Waals surface area (Å²) in [7, 11) is 0. The van der Waals surface area contributed by atoms with Gasteiger partial charge in [0, 0.05) is 18.6 Å². The van der Waals surface area contributed by atoms with E-state index in [-0.39, 0.29) is 6.04 Å². The van der Waals surface area contributed by atoms with Crippen molar-refractivity contribution in [2.24, 2.45) is 5.73 Å². The third-order valence-electron chi connectivity index (χ3n) is 4.33. The zero-order valence-corrected chi connectivity index (χ0v) is 11.9. The van der Waals surface area contributed by atoms with Crippen LogP contribution in [0.4, 0.5) is 0 Å². The lowest BCUT2D eigenvalue weighted by Gasteiger charge is -2.35. The number of rotatable bonds is 3. The molecule has 2 rings (SSSR count). The molecule has 2 unspecified atom stereocenters. The number of piperidine rings is 1. The highest BCUT2D eigenvalue weighted by molar-refractivity contribution is 5.31. The van der Waals surface area contributed by atoms with Gasteiger partial charge in [-0.25, -0.2) is 0 Å². The van der Waals surface area contributed by atoms with Crippen molar-refractivity contribution in [2.45, 2.75) is 52.1 Å². The maximum Gasteiger partial charge on any atom is 0.0424 e. The van der Waals surface area contributed by atoms with Gasteiger partial charge in [0.15, 0.2) is 0 Å². The highest BCUT2D eigenvalue weighted by Crippen LogP contribution is 2.21. The van der Waals surface area contributed by atoms with Crippen LogP contribution in [0.5, 0.6) is 0 Å². The summed E-state index contributed by atoms with van der Waals surface area (Å²) in [4.78, 5) is 2.54. The second kappa shape index (κ2) is 5.85. The normalized spacial score (nSPS) is 23.0. The highest BCUT2D eigenvalue weighted by Gasteiger charge is 2.20. The van der Waals surface area contributed by atoms with Gasteiger partial charge in [-0.15, -0.1) is 0 Å². The Kier molecular flexibility index (Phi) is 4.41. The molecule has 0 saturated carbocycles. The Bertz CT molecular complexity index is 400. The van der Waals surface area contributed by atoms with Crippen LogP contribution >= 0.6 is 0 Å². The van der Waals surface area contributed by atoms with Crippen molar-refractivity contribution in [2.75, 3.05) is 13.1 Å². The van der Waals surface area contributed by atoms with E-state index < -0.39 is 0 Å². The molecule has 2 heteroatoms. The van der Waals surface area contributed by atoms with E-state index in [4.69, 9.17) is 5.73 Å². The number of hydrogen-bond acceptors (Lipinski definition) is 2. The molecule has 1 aromatic rings. The van der Waals surface area contributed by atoms with E-state index in [0.717, 1.165) is 6.54 Å². The lowest BCUT2D eigenvalue weighted by molar-refractivity contribution is 0.151. The van der Waals surface area contributed by atoms with Gasteiger partial charge in [-0.3, -0.25) is 4.90 Å². The van der Waals surface area contributed by atoms with Crippen LogP contribution in [0.3, 0.4) is 0 Å². The first-order valence-corrected chi connectivity index (χ1v) is 7.14. The van der Waals surface area contributed by atoms with Gasteiger partial charge in [-0.05, 0) is 56.8 Å². The van der Waals surface area contributed by atoms with Gasteiger partial charge < -0.3 is 5.73 Å². The predicted molar refractivity (Wildman–Crippen MR) is 77.7 cm³/mol. The summed E-state index contributed by atoms with van der Waals surface area (Å²) in [6, 6.07) is 7.45. The molecule has 1 fully saturated rings. The van der Waals surface area contributed by atoms with E-state index in [0.29, 0.717) is 6.04 Å². The number of likely N-dealkylation sites (tertiary alicyclic amines) is 1. The van der Waals surface area contributed by atoms with E-state index >= 15 is 0 Å². The van der Waals surface area contributed by atoms with E-state index in [1.165, 1.54) is 42.5 Å². The lowest BCUT2D eigenvalue weighted by Crippen LogP contribution is -2.41. The van der Waals surface area contributed by atoms with Crippen molar-refractivity contribution in [3.63, 3.8) is 0 Å². The summed E-state index contributed by atoms with van der Waals surface area (Å²) in [6.45, 7) is 8.84. The quantitative estimate of drug-likeness (QED) is 0.887. The van der Waals surface area contributed by atoms with Crippen LogP contribution in [0, 0.1) is 13.8 Å². The Labute approximate surface area is 111 Å². The average Bonchev–Trinajstić information content (AvgIpc) is 2.35. The maximum atomic E-state index is 6.37. The summed E-state index contributed by atoms with van der Waals surface area (Å²) in [5.74, 6) is 0. The van der Waals surface area contributed by atoms with Crippen molar-refractivity contribution < 1.29 is 0 Å². The van der Waals surface area contributed by atoms with E-state index in [9.17, 15) is 0 Å². The first kappa shape index (κ1) is 13.6. The Morgan fingerprint density at radius 2 is 2.06 bits per heavy atom. The molecule has 100 valence electrons. The van der Waals surface area contributed by atoms with Gasteiger partial charge in [-0.2, -0.15) is 0 Å². The molecule has 1 heterocycles. The van der Waals surface area contributed by atoms with Crippen LogP contribution in [0.15, 0.2) is 18.2 Å². The number of aryl methyl sites for hydroxylation is 2. The average molecular weight is 246 g/mol. The molecular formula is C16H26N2. The molecule has 2 N–H and O–H groups in total. The standard InChI is InChI=1S/C16H26N2/c1-12-7-8-15(10-13(12)2)16(17)11-18-9-5-4-6-14(18)3/h7-8,10,14,16H,4-6,9,11,17H2,1-3H3. The summed E-state index contributed by atoms with van der Waals surface area (Å²) in [5, 5.41) is 0. The van der Waals surface area contributed by atoms with Crippen molar-refractivity contribution >= 4 is 0 Å². The Morgan fingerprint density at radius 1 is 1.28 bits per heavy atom. The maximum absolute atomic E-state index is 6.37. The van der Waals surface area contributed by atoms with Crippen LogP contribution in [-0.4, -0.2) is 24.0 Å². The van der Waals surface area contributed by atoms with Crippen molar-refractivity contribution in [3.05, 3.63) is 34.9 Å². The fourth-order valence-corrected chi connectivity index (χ4v) is 2.78. The molecule has 1 aliphatic heterocycles. The van der Waals surface area contributed by atoms with Gasteiger partial charge >= 0.3 is 0 Å². The van der Waals surface area contributed by atoms with Crippen LogP contribution < -0.4 is 5.73 Å². The highest BCUT2D eigenvalue weighted by atomic mass is 15.2. The summed E-state index contributed by atoms with van der Waals surface area (Å²) in [5.41, 5.74) is 10.3. The fraction of sp³-hybridized carbons (Fsp3) is 0.625. The smallest absolute Gasteiger partial charge is 0.0424 e. The molecule has 2 nitrogen and oxygen atoms in total. The zero-order chi connectivity index (χ0) is 13.1. The van der Waals surface area contributed by atoms with E-state index in [1.54, 1.807) is 0 Å². The minimum Gasteiger partial charge on any atom is -0.323 e. The SMILES string of the molecule is Cc1ccc(C(N)CN2CCCCC2C)cc1C. The third-order valence-corrected chi connectivity index (χ3v) is 4.33. The molecule has 2 atom stereocenters. The van der Waals surface area contributed by atoms with Gasteiger partial charge in [0.1, 0.15) is 0 Å². The molecule has 1 aliphatic rings. The Hall–Kier alpha value is -0.860. The summed E-state index contributed by atoms with van der Waals surface area (Å²) < 4.78 is 0. The molecule has 0 aromatic heterocycles. The van der Waals surface area contributed by atoms with E-state index in [1.807, 2.05) is 0 Å². The molecule has 0 amide bonds. The number of nitrogens with zero attached hydrogens (tertiary/aromatic N) is 1. The zero-order valence-electron chi connectivity index (χ0n) is 11.9. The number of benzene rings is 1. The summed E-state index contributed by atoms with van der Waals surface area (Å²) >= 11 is 0. The third kappa shape index (κ3) is 3.12. The second-order valence-electron chi connectivity index (χ2n) is 5.79. The Balaban J connectivity index is 2.02. The molecule has 0 radical (unpaired) electrons. The predicted octanol–water partition coefficient (Wildman–Crippen LogP) is 3.18. The van der Waals surface area contributed by atoms with Crippen LogP contribution in [0.1, 0.15) is 48.9 Å².